The first-order valence-corrected chi connectivity index (χ1v) is 10.9. The van der Waals surface area contributed by atoms with E-state index in [0.717, 1.165) is 57.8 Å². The van der Waals surface area contributed by atoms with Gasteiger partial charge in [-0.1, -0.05) is 19.8 Å². The van der Waals surface area contributed by atoms with Gasteiger partial charge in [-0.05, 0) is 56.8 Å². The van der Waals surface area contributed by atoms with Crippen LogP contribution >= 0.6 is 0 Å². The number of hydrogen-bond donors (Lipinski definition) is 3. The summed E-state index contributed by atoms with van der Waals surface area (Å²) in [5, 5.41) is 9.95. The Labute approximate surface area is 168 Å². The highest BCUT2D eigenvalue weighted by Gasteiger charge is 2.41. The maximum atomic E-state index is 12.8. The summed E-state index contributed by atoms with van der Waals surface area (Å²) in [7, 11) is 3.17. The van der Waals surface area contributed by atoms with Crippen molar-refractivity contribution in [2.45, 2.75) is 89.1 Å². The van der Waals surface area contributed by atoms with Gasteiger partial charge in [0.2, 0.25) is 5.91 Å². The molecule has 3 fully saturated rings. The van der Waals surface area contributed by atoms with Gasteiger partial charge in [0.25, 0.3) is 0 Å². The van der Waals surface area contributed by atoms with Crippen LogP contribution in [-0.2, 0) is 14.3 Å². The summed E-state index contributed by atoms with van der Waals surface area (Å²) in [5.41, 5.74) is 0. The van der Waals surface area contributed by atoms with E-state index in [4.69, 9.17) is 9.47 Å². The molecule has 3 aliphatic rings. The molecule has 2 amide bonds. The maximum absolute atomic E-state index is 12.8. The molecule has 2 saturated heterocycles. The van der Waals surface area contributed by atoms with E-state index in [9.17, 15) is 9.59 Å². The molecule has 160 valence electrons. The molecule has 1 aliphatic carbocycles. The molecule has 7 unspecified atom stereocenters. The fourth-order valence-corrected chi connectivity index (χ4v) is 5.43. The highest BCUT2D eigenvalue weighted by Crippen LogP contribution is 2.39. The molecule has 0 aromatic heterocycles. The van der Waals surface area contributed by atoms with Gasteiger partial charge in [-0.2, -0.15) is 0 Å². The number of methoxy groups -OCH3 is 2. The van der Waals surface area contributed by atoms with Gasteiger partial charge in [0.15, 0.2) is 0 Å². The molecule has 3 N–H and O–H groups in total. The summed E-state index contributed by atoms with van der Waals surface area (Å²) in [6.45, 7) is 2.03. The van der Waals surface area contributed by atoms with Gasteiger partial charge in [-0.15, -0.1) is 0 Å². The molecule has 2 bridgehead atoms. The van der Waals surface area contributed by atoms with Crippen molar-refractivity contribution >= 4 is 12.0 Å². The van der Waals surface area contributed by atoms with Crippen molar-refractivity contribution < 1.29 is 19.1 Å². The first kappa shape index (κ1) is 21.4. The molecular weight excluding hydrogens is 358 g/mol. The number of fused-ring (bicyclic) bond motifs is 4. The highest BCUT2D eigenvalue weighted by molar-refractivity contribution is 5.78. The summed E-state index contributed by atoms with van der Waals surface area (Å²) in [4.78, 5) is 24.5. The molecule has 0 aromatic carbocycles. The second-order valence-corrected chi connectivity index (χ2v) is 8.93. The molecule has 2 aliphatic heterocycles. The Bertz CT molecular complexity index is 544. The monoisotopic (exact) mass is 395 g/mol. The summed E-state index contributed by atoms with van der Waals surface area (Å²) in [6, 6.07) is 0.625. The van der Waals surface area contributed by atoms with Crippen molar-refractivity contribution in [2.24, 2.45) is 17.8 Å². The van der Waals surface area contributed by atoms with E-state index in [1.54, 1.807) is 7.11 Å². The van der Waals surface area contributed by atoms with Crippen LogP contribution < -0.4 is 16.0 Å². The van der Waals surface area contributed by atoms with Crippen LogP contribution in [0, 0.1) is 17.8 Å². The van der Waals surface area contributed by atoms with E-state index in [1.807, 2.05) is 6.92 Å². The standard InChI is InChI=1S/C21H37N3O4/c1-13-6-4-5-7-15-10-14(11-19(22-15)27-2)17-9-8-16(23-21(26)28-3)12-18(17)24-20(13)25/h13-19,22H,4-12H2,1-3H3,(H,23,26)(H,24,25). The minimum absolute atomic E-state index is 0.0357. The number of hydrogen-bond acceptors (Lipinski definition) is 5. The van der Waals surface area contributed by atoms with Gasteiger partial charge < -0.3 is 20.1 Å². The Hall–Kier alpha value is -1.34. The maximum Gasteiger partial charge on any atom is 0.407 e. The average molecular weight is 396 g/mol. The van der Waals surface area contributed by atoms with Crippen molar-refractivity contribution in [3.8, 4) is 0 Å². The zero-order valence-electron chi connectivity index (χ0n) is 17.5. The van der Waals surface area contributed by atoms with E-state index in [-0.39, 0.29) is 30.1 Å². The number of ether oxygens (including phenoxy) is 2. The second-order valence-electron chi connectivity index (χ2n) is 8.93. The van der Waals surface area contributed by atoms with Crippen molar-refractivity contribution in [3.63, 3.8) is 0 Å². The van der Waals surface area contributed by atoms with E-state index >= 15 is 0 Å². The topological polar surface area (TPSA) is 88.7 Å². The van der Waals surface area contributed by atoms with Crippen molar-refractivity contribution in [1.82, 2.24) is 16.0 Å². The predicted molar refractivity (Wildman–Crippen MR) is 107 cm³/mol. The molecule has 3 rings (SSSR count). The SMILES string of the molecule is COC(=O)NC1CCC2C3CC(CCCCC(C)C(=O)NC2C1)NC(OC)C3. The number of carbonyl (C=O) groups is 2. The number of nitrogens with one attached hydrogen (secondary N) is 3. The van der Waals surface area contributed by atoms with Crippen LogP contribution in [0.5, 0.6) is 0 Å². The van der Waals surface area contributed by atoms with Gasteiger partial charge in [0.1, 0.15) is 6.23 Å². The van der Waals surface area contributed by atoms with Crippen LogP contribution in [0.1, 0.15) is 64.7 Å². The van der Waals surface area contributed by atoms with Gasteiger partial charge in [-0.3, -0.25) is 10.1 Å². The molecule has 1 saturated carbocycles. The first-order valence-electron chi connectivity index (χ1n) is 10.9. The van der Waals surface area contributed by atoms with Crippen LogP contribution in [0.4, 0.5) is 4.79 Å². The quantitative estimate of drug-likeness (QED) is 0.669. The van der Waals surface area contributed by atoms with Crippen LogP contribution in [0.25, 0.3) is 0 Å². The molecule has 0 radical (unpaired) electrons. The molecule has 7 heteroatoms. The Morgan fingerprint density at radius 3 is 2.61 bits per heavy atom. The van der Waals surface area contributed by atoms with E-state index < -0.39 is 6.09 Å². The van der Waals surface area contributed by atoms with E-state index in [2.05, 4.69) is 16.0 Å². The molecule has 0 aromatic rings. The third-order valence-electron chi connectivity index (χ3n) is 7.04. The number of carbonyl (C=O) groups excluding carboxylic acids is 2. The smallest absolute Gasteiger partial charge is 0.407 e. The van der Waals surface area contributed by atoms with Crippen molar-refractivity contribution in [3.05, 3.63) is 0 Å². The number of amides is 2. The second kappa shape index (κ2) is 9.92. The third kappa shape index (κ3) is 5.38. The number of piperidine rings is 1. The largest absolute Gasteiger partial charge is 0.453 e. The Morgan fingerprint density at radius 2 is 1.86 bits per heavy atom. The lowest BCUT2D eigenvalue weighted by Crippen LogP contribution is -2.55. The zero-order valence-corrected chi connectivity index (χ0v) is 17.5. The van der Waals surface area contributed by atoms with Gasteiger partial charge in [-0.25, -0.2) is 4.79 Å². The van der Waals surface area contributed by atoms with Crippen molar-refractivity contribution in [2.75, 3.05) is 14.2 Å². The molecule has 7 nitrogen and oxygen atoms in total. The molecule has 7 atom stereocenters. The normalized spacial score (nSPS) is 39.5. The predicted octanol–water partition coefficient (Wildman–Crippen LogP) is 2.55. The Morgan fingerprint density at radius 1 is 1.07 bits per heavy atom. The molecular formula is C21H37N3O4. The Kier molecular flexibility index (Phi) is 7.57. The van der Waals surface area contributed by atoms with Gasteiger partial charge in [0.05, 0.1) is 7.11 Å². The lowest BCUT2D eigenvalue weighted by atomic mass is 9.69. The fourth-order valence-electron chi connectivity index (χ4n) is 5.43. The molecule has 0 spiro atoms. The van der Waals surface area contributed by atoms with Crippen LogP contribution in [0.15, 0.2) is 0 Å². The van der Waals surface area contributed by atoms with Gasteiger partial charge >= 0.3 is 6.09 Å². The summed E-state index contributed by atoms with van der Waals surface area (Å²) < 4.78 is 10.5. The van der Waals surface area contributed by atoms with Crippen LogP contribution in [0.3, 0.4) is 0 Å². The minimum atomic E-state index is -0.391. The minimum Gasteiger partial charge on any atom is -0.453 e. The highest BCUT2D eigenvalue weighted by atomic mass is 16.5. The molecule has 2 heterocycles. The number of alkyl carbamates (subject to hydrolysis) is 1. The lowest BCUT2D eigenvalue weighted by molar-refractivity contribution is -0.126. The summed E-state index contributed by atoms with van der Waals surface area (Å²) in [6.07, 6.45) is 8.82. The van der Waals surface area contributed by atoms with Crippen molar-refractivity contribution in [1.29, 1.82) is 0 Å². The van der Waals surface area contributed by atoms with Gasteiger partial charge in [0, 0.05) is 31.2 Å². The summed E-state index contributed by atoms with van der Waals surface area (Å²) >= 11 is 0. The van der Waals surface area contributed by atoms with E-state index in [0.29, 0.717) is 17.9 Å². The Balaban J connectivity index is 1.77. The van der Waals surface area contributed by atoms with Crippen LogP contribution in [0.2, 0.25) is 0 Å². The fraction of sp³-hybridized carbons (Fsp3) is 0.905. The summed E-state index contributed by atoms with van der Waals surface area (Å²) in [5.74, 6) is 1.14. The van der Waals surface area contributed by atoms with Crippen LogP contribution in [-0.4, -0.2) is 50.6 Å². The third-order valence-corrected chi connectivity index (χ3v) is 7.04. The average Bonchev–Trinajstić information content (AvgIpc) is 2.70. The van der Waals surface area contributed by atoms with E-state index in [1.165, 1.54) is 7.11 Å². The first-order chi connectivity index (χ1) is 13.5. The zero-order chi connectivity index (χ0) is 20.1. The molecule has 28 heavy (non-hydrogen) atoms. The number of rotatable bonds is 2. The lowest BCUT2D eigenvalue weighted by Gasteiger charge is -2.45.